The number of phenolic OH excluding ortho intramolecular Hbond substituents is 2. The largest absolute Gasteiger partial charge is 0.507 e. The number of carbonyl (C=O) groups excluding carboxylic acids is 4. The van der Waals surface area contributed by atoms with Gasteiger partial charge in [-0.3, -0.25) is 19.4 Å². The molecule has 7 N–H and O–H groups in total. The summed E-state index contributed by atoms with van der Waals surface area (Å²) >= 11 is 2.64. The highest BCUT2D eigenvalue weighted by Crippen LogP contribution is 2.68. The van der Waals surface area contributed by atoms with Crippen molar-refractivity contribution < 1.29 is 68.5 Å². The number of carboxylic acid groups (broad SMARTS) is 1. The van der Waals surface area contributed by atoms with Crippen LogP contribution in [0.15, 0.2) is 23.2 Å². The molecule has 4 fully saturated rings. The van der Waals surface area contributed by atoms with Crippen LogP contribution in [0, 0.1) is 53.3 Å². The lowest BCUT2D eigenvalue weighted by Crippen LogP contribution is -2.58. The third-order valence-corrected chi connectivity index (χ3v) is 22.4. The van der Waals surface area contributed by atoms with Crippen LogP contribution in [0.1, 0.15) is 134 Å². The molecule has 1 aliphatic heterocycles. The van der Waals surface area contributed by atoms with Crippen molar-refractivity contribution in [3.8, 4) is 17.2 Å². The Bertz CT molecular complexity index is 3090. The van der Waals surface area contributed by atoms with Gasteiger partial charge in [0.1, 0.15) is 27.3 Å². The third kappa shape index (κ3) is 16.0. The Morgan fingerprint density at radius 1 is 0.839 bits per heavy atom. The fourth-order valence-electron chi connectivity index (χ4n) is 15.2. The van der Waals surface area contributed by atoms with E-state index in [-0.39, 0.29) is 141 Å². The van der Waals surface area contributed by atoms with Gasteiger partial charge in [0.25, 0.3) is 0 Å². The van der Waals surface area contributed by atoms with Crippen molar-refractivity contribution in [2.75, 3.05) is 85.2 Å². The number of thiazole rings is 1. The first-order valence-corrected chi connectivity index (χ1v) is 33.0. The summed E-state index contributed by atoms with van der Waals surface area (Å²) in [5, 5.41) is 60.7. The maximum atomic E-state index is 13.8. The van der Waals surface area contributed by atoms with Crippen LogP contribution in [-0.2, 0) is 38.8 Å². The summed E-state index contributed by atoms with van der Waals surface area (Å²) in [5.41, 5.74) is 0.801. The Kier molecular flexibility index (Phi) is 22.9. The second-order valence-corrected chi connectivity index (χ2v) is 28.3. The number of aliphatic carboxylic acids is 1. The molecule has 0 bridgehead atoms. The number of aliphatic hydroxyl groups is 2. The van der Waals surface area contributed by atoms with Gasteiger partial charge in [0.05, 0.1) is 62.1 Å². The van der Waals surface area contributed by atoms with E-state index in [0.717, 1.165) is 51.4 Å². The van der Waals surface area contributed by atoms with E-state index < -0.39 is 23.5 Å². The van der Waals surface area contributed by atoms with E-state index in [1.54, 1.807) is 46.0 Å². The molecule has 2 aromatic carbocycles. The van der Waals surface area contributed by atoms with E-state index >= 15 is 0 Å². The summed E-state index contributed by atoms with van der Waals surface area (Å²) in [5.74, 6) is 1.69. The number of aromatic nitrogens is 1. The minimum Gasteiger partial charge on any atom is -0.507 e. The van der Waals surface area contributed by atoms with E-state index in [0.29, 0.717) is 98.6 Å². The lowest BCUT2D eigenvalue weighted by molar-refractivity contribution is -0.174. The maximum Gasteiger partial charge on any atom is 0.415 e. The number of carboxylic acids is 1. The first kappa shape index (κ1) is 67.6. The normalized spacial score (nSPS) is 26.3. The highest BCUT2D eigenvalue weighted by Gasteiger charge is 2.63. The van der Waals surface area contributed by atoms with Crippen molar-refractivity contribution in [1.29, 1.82) is 0 Å². The number of likely N-dealkylation sites (N-methyl/N-ethyl adjacent to an activating group) is 1. The number of aliphatic hydroxyl groups excluding tert-OH is 2. The molecule has 2 heterocycles. The highest BCUT2D eigenvalue weighted by molar-refractivity contribution is 8.15. The molecule has 11 atom stereocenters. The van der Waals surface area contributed by atoms with Crippen molar-refractivity contribution in [3.05, 3.63) is 44.8 Å². The van der Waals surface area contributed by atoms with Crippen molar-refractivity contribution >= 4 is 81.3 Å². The minimum absolute atomic E-state index is 0.0370. The lowest BCUT2D eigenvalue weighted by atomic mass is 9.43. The van der Waals surface area contributed by atoms with E-state index in [1.807, 2.05) is 0 Å². The number of nitrogens with one attached hydrogen (secondary N) is 2. The highest BCUT2D eigenvalue weighted by atomic mass is 32.2. The predicted molar refractivity (Wildman–Crippen MR) is 336 cm³/mol. The van der Waals surface area contributed by atoms with Crippen molar-refractivity contribution in [3.63, 3.8) is 0 Å². The Morgan fingerprint density at radius 2 is 1.51 bits per heavy atom. The van der Waals surface area contributed by atoms with Gasteiger partial charge in [-0.05, 0) is 130 Å². The van der Waals surface area contributed by atoms with Crippen molar-refractivity contribution in [2.45, 2.75) is 149 Å². The average Bonchev–Trinajstić information content (AvgIpc) is 1.76. The first-order chi connectivity index (χ1) is 41.3. The van der Waals surface area contributed by atoms with Crippen LogP contribution in [0.2, 0.25) is 0 Å². The Balaban J connectivity index is 0.698. The number of hydrogen-bond donors (Lipinski definition) is 7. The molecule has 4 amide bonds. The zero-order valence-corrected chi connectivity index (χ0v) is 53.7. The molecular weight excluding hydrogens is 1150 g/mol. The van der Waals surface area contributed by atoms with E-state index in [1.165, 1.54) is 39.3 Å². The number of aromatic hydroxyl groups is 2. The van der Waals surface area contributed by atoms with Gasteiger partial charge in [0.2, 0.25) is 17.7 Å². The predicted octanol–water partition coefficient (Wildman–Crippen LogP) is 6.88. The SMILES string of the molecule is C=c1c(C)c(O)c(=C)c(C(C)(C)CC(=O)N(C)CCN(CCOCCOCCOCCC(=O)NCCCNC(=O)CCC(C)C2CCC3C4C(O)CC5CC(O)CCC5(C)C4CCC23C)C(=O)Oc2ccc3nc(C4=NC(C(=O)O)CS4)sc3c2)c1O. The van der Waals surface area contributed by atoms with Crippen LogP contribution < -0.4 is 25.8 Å². The average molecular weight is 1250 g/mol. The molecule has 20 nitrogen and oxygen atoms in total. The molecule has 5 aliphatic rings. The summed E-state index contributed by atoms with van der Waals surface area (Å²) in [7, 11) is 1.62. The number of thioether (sulfide) groups is 1. The molecule has 0 spiro atoms. The molecular formula is C65H94N6O14S2. The Labute approximate surface area is 519 Å². The summed E-state index contributed by atoms with van der Waals surface area (Å²) in [6.07, 6.45) is 9.07. The molecule has 22 heteroatoms. The smallest absolute Gasteiger partial charge is 0.415 e. The molecule has 4 aliphatic carbocycles. The van der Waals surface area contributed by atoms with Gasteiger partial charge < -0.3 is 64.9 Å². The van der Waals surface area contributed by atoms with Gasteiger partial charge in [-0.15, -0.1) is 23.1 Å². The molecule has 87 heavy (non-hydrogen) atoms. The Morgan fingerprint density at radius 3 is 2.21 bits per heavy atom. The topological polar surface area (TPSA) is 279 Å². The van der Waals surface area contributed by atoms with Crippen molar-refractivity contribution in [1.82, 2.24) is 25.4 Å². The van der Waals surface area contributed by atoms with Crippen molar-refractivity contribution in [2.24, 2.45) is 51.3 Å². The fourth-order valence-corrected chi connectivity index (χ4v) is 17.3. The number of phenols is 2. The zero-order chi connectivity index (χ0) is 63.0. The van der Waals surface area contributed by atoms with Crippen LogP contribution >= 0.6 is 23.1 Å². The quantitative estimate of drug-likeness (QED) is 0.0276. The number of fused-ring (bicyclic) bond motifs is 6. The van der Waals surface area contributed by atoms with Crippen LogP contribution in [0.4, 0.5) is 4.79 Å². The number of ether oxygens (including phenoxy) is 4. The number of amides is 4. The molecule has 11 unspecified atom stereocenters. The molecule has 0 saturated heterocycles. The second-order valence-electron chi connectivity index (χ2n) is 26.2. The van der Waals surface area contributed by atoms with E-state index in [4.69, 9.17) is 18.9 Å². The molecule has 8 rings (SSSR count). The van der Waals surface area contributed by atoms with Crippen LogP contribution in [-0.4, -0.2) is 179 Å². The maximum absolute atomic E-state index is 13.8. The second kappa shape index (κ2) is 29.5. The summed E-state index contributed by atoms with van der Waals surface area (Å²) in [6.45, 7) is 22.9. The summed E-state index contributed by atoms with van der Waals surface area (Å²) in [6, 6.07) is 4.18. The first-order valence-electron chi connectivity index (χ1n) is 31.2. The van der Waals surface area contributed by atoms with Crippen LogP contribution in [0.3, 0.4) is 0 Å². The third-order valence-electron chi connectivity index (χ3n) is 20.2. The molecule has 0 radical (unpaired) electrons. The van der Waals surface area contributed by atoms with Gasteiger partial charge in [-0.25, -0.2) is 14.6 Å². The standard InChI is InChI=1S/C65H94N6O14S2/c1-38(45-13-14-46-55-47(18-21-65(45,46)8)64(7)20-17-43(72)33-42(64)34-50(55)73)11-16-52(74)66-22-10-23-67-53(75)19-27-82-29-31-84-32-30-83-28-26-71(25-24-70(9)54(76)36-63(5,6)56-41(4)57(77)39(2)40(3)58(56)78)62(81)85-44-12-15-48-51(35-44)87-60(68-48)59-69-49(37-86-59)61(79)80/h12,15,35,38,42-43,45-47,49-50,55,72-73,77-78H,3-4,10-11,13-14,16-34,36-37H2,1-2,5-9H3,(H,66,74)(H,67,75)(H,79,80). The summed E-state index contributed by atoms with van der Waals surface area (Å²) < 4.78 is 23.7. The van der Waals surface area contributed by atoms with Crippen LogP contribution in [0.25, 0.3) is 23.4 Å². The number of benzene rings is 2. The minimum atomic E-state index is -0.996. The van der Waals surface area contributed by atoms with Crippen LogP contribution in [0.5, 0.6) is 17.2 Å². The fraction of sp³-hybridized carbons (Fsp3) is 0.677. The number of aliphatic imine (C=N–C) groups is 1. The van der Waals surface area contributed by atoms with Gasteiger partial charge in [0, 0.05) is 97.8 Å². The van der Waals surface area contributed by atoms with E-state index in [9.17, 15) is 49.5 Å². The number of rotatable bonds is 29. The molecule has 3 aromatic rings. The molecule has 480 valence electrons. The van der Waals surface area contributed by atoms with Gasteiger partial charge in [-0.2, -0.15) is 0 Å². The van der Waals surface area contributed by atoms with Gasteiger partial charge in [0.15, 0.2) is 6.04 Å². The number of nitrogens with zero attached hydrogens (tertiary/aromatic N) is 4. The lowest BCUT2D eigenvalue weighted by Gasteiger charge is -2.62. The number of carbonyl (C=O) groups is 5. The molecule has 1 aromatic heterocycles. The Hall–Kier alpha value is -5.36. The monoisotopic (exact) mass is 1250 g/mol. The summed E-state index contributed by atoms with van der Waals surface area (Å²) in [4.78, 5) is 76.3. The van der Waals surface area contributed by atoms with E-state index in [2.05, 4.69) is 54.5 Å². The van der Waals surface area contributed by atoms with Gasteiger partial charge in [-0.1, -0.05) is 47.8 Å². The van der Waals surface area contributed by atoms with Gasteiger partial charge >= 0.3 is 12.1 Å². The number of hydrogen-bond acceptors (Lipinski definition) is 17. The zero-order valence-electron chi connectivity index (χ0n) is 52.0. The molecule has 4 saturated carbocycles.